The lowest BCUT2D eigenvalue weighted by Crippen LogP contribution is -2.67. The highest BCUT2D eigenvalue weighted by molar-refractivity contribution is 4.96. The summed E-state index contributed by atoms with van der Waals surface area (Å²) in [6, 6.07) is -0.284. The molecule has 0 bridgehead atoms. The monoisotopic (exact) mass is 560 g/mol. The number of hydrogen-bond acceptors (Lipinski definition) is 7. The lowest BCUT2D eigenvalue weighted by molar-refractivity contribution is -0.207. The number of nitrogens with zero attached hydrogens (tertiary/aromatic N) is 2. The van der Waals surface area contributed by atoms with Gasteiger partial charge in [-0.15, -0.1) is 0 Å². The van der Waals surface area contributed by atoms with Crippen molar-refractivity contribution in [2.24, 2.45) is 29.6 Å². The van der Waals surface area contributed by atoms with E-state index in [1.165, 1.54) is 19.3 Å². The molecule has 0 aromatic carbocycles. The number of rotatable bonds is 7. The van der Waals surface area contributed by atoms with Crippen molar-refractivity contribution >= 4 is 0 Å². The summed E-state index contributed by atoms with van der Waals surface area (Å²) in [4.78, 5) is 4.22. The fourth-order valence-corrected chi connectivity index (χ4v) is 8.65. The number of β-amino-alcohol motifs (C(OH)–C–C–N with tert-alkyl or cyclic N) is 2. The number of aliphatic hydroxyl groups excluding tert-OH is 1. The van der Waals surface area contributed by atoms with Gasteiger partial charge < -0.3 is 15.3 Å². The first-order chi connectivity index (χ1) is 18.5. The highest BCUT2D eigenvalue weighted by Crippen LogP contribution is 2.45. The third-order valence-electron chi connectivity index (χ3n) is 11.0. The van der Waals surface area contributed by atoms with Crippen molar-refractivity contribution in [3.8, 4) is 0 Å². The Bertz CT molecular complexity index is 802. The molecule has 226 valence electrons. The van der Waals surface area contributed by atoms with Crippen LogP contribution in [-0.4, -0.2) is 87.6 Å². The van der Waals surface area contributed by atoms with Gasteiger partial charge in [0.2, 0.25) is 0 Å². The van der Waals surface area contributed by atoms with E-state index >= 15 is 0 Å². The van der Waals surface area contributed by atoms with E-state index in [4.69, 9.17) is 0 Å². The maximum absolute atomic E-state index is 14.0. The van der Waals surface area contributed by atoms with E-state index in [9.17, 15) is 28.5 Å². The standard InChI is InChI=1S/C29H51F3N4O3/c1-19-8-10-21(16-22(19)24-17-35-13-3-2-7-27(35)34-33-24)26(37)6-4-5-20-9-11-25(23(15-20)29(30,31)32)36-14-12-28(38,39)18-36/h19-27,33-34,37-39H,2-18H2,1H3. The molecule has 9 atom stereocenters. The molecular formula is C29H51F3N4O3. The summed E-state index contributed by atoms with van der Waals surface area (Å²) in [6.45, 7) is 4.75. The van der Waals surface area contributed by atoms with Gasteiger partial charge in [0.1, 0.15) is 0 Å². The molecule has 3 aliphatic heterocycles. The highest BCUT2D eigenvalue weighted by Gasteiger charge is 2.51. The second kappa shape index (κ2) is 12.4. The summed E-state index contributed by atoms with van der Waals surface area (Å²) in [7, 11) is 0. The predicted molar refractivity (Wildman–Crippen MR) is 143 cm³/mol. The summed E-state index contributed by atoms with van der Waals surface area (Å²) >= 11 is 0. The Hall–Kier alpha value is -0.490. The maximum Gasteiger partial charge on any atom is 0.393 e. The Morgan fingerprint density at radius 3 is 2.54 bits per heavy atom. The third-order valence-corrected chi connectivity index (χ3v) is 11.0. The number of alkyl halides is 3. The van der Waals surface area contributed by atoms with E-state index in [0.29, 0.717) is 43.4 Å². The van der Waals surface area contributed by atoms with Gasteiger partial charge >= 0.3 is 6.18 Å². The van der Waals surface area contributed by atoms with Crippen molar-refractivity contribution in [1.82, 2.24) is 20.7 Å². The van der Waals surface area contributed by atoms with Crippen molar-refractivity contribution in [2.45, 2.75) is 127 Å². The minimum Gasteiger partial charge on any atom is -0.393 e. The van der Waals surface area contributed by atoms with Crippen LogP contribution in [0.15, 0.2) is 0 Å². The minimum absolute atomic E-state index is 0.00446. The smallest absolute Gasteiger partial charge is 0.393 e. The molecule has 39 heavy (non-hydrogen) atoms. The average molecular weight is 561 g/mol. The average Bonchev–Trinajstić information content (AvgIpc) is 3.27. The van der Waals surface area contributed by atoms with Crippen molar-refractivity contribution < 1.29 is 28.5 Å². The van der Waals surface area contributed by atoms with Crippen LogP contribution in [0.5, 0.6) is 0 Å². The molecule has 7 nitrogen and oxygen atoms in total. The molecule has 0 aromatic heterocycles. The molecule has 5 fully saturated rings. The van der Waals surface area contributed by atoms with E-state index in [-0.39, 0.29) is 37.3 Å². The normalized spacial score (nSPS) is 41.3. The van der Waals surface area contributed by atoms with Gasteiger partial charge in [0, 0.05) is 31.6 Å². The van der Waals surface area contributed by atoms with Crippen molar-refractivity contribution in [3.63, 3.8) is 0 Å². The van der Waals surface area contributed by atoms with E-state index < -0.39 is 23.9 Å². The molecular weight excluding hydrogens is 509 g/mol. The number of likely N-dealkylation sites (tertiary alicyclic amines) is 1. The SMILES string of the molecule is CC1CCC(C(O)CCCC2CCC(N3CCC(O)(O)C3)C(C(F)(F)F)C2)CC1C1CN2CCCCC2NN1. The summed E-state index contributed by atoms with van der Waals surface area (Å²) in [6.07, 6.45) is 6.17. The van der Waals surface area contributed by atoms with Crippen molar-refractivity contribution in [1.29, 1.82) is 0 Å². The molecule has 3 heterocycles. The Morgan fingerprint density at radius 2 is 1.79 bits per heavy atom. The number of fused-ring (bicyclic) bond motifs is 1. The number of hydrazine groups is 1. The topological polar surface area (TPSA) is 91.2 Å². The number of piperidine rings is 1. The zero-order chi connectivity index (χ0) is 27.8. The van der Waals surface area contributed by atoms with Gasteiger partial charge in [-0.3, -0.25) is 15.2 Å². The third kappa shape index (κ3) is 7.30. The van der Waals surface area contributed by atoms with Crippen LogP contribution in [0.4, 0.5) is 13.2 Å². The molecule has 0 aromatic rings. The van der Waals surface area contributed by atoms with Crippen LogP contribution in [0.1, 0.15) is 90.4 Å². The van der Waals surface area contributed by atoms with Gasteiger partial charge in [0.15, 0.2) is 5.79 Å². The maximum atomic E-state index is 14.0. The van der Waals surface area contributed by atoms with Crippen LogP contribution >= 0.6 is 0 Å². The van der Waals surface area contributed by atoms with Crippen molar-refractivity contribution in [3.05, 3.63) is 0 Å². The lowest BCUT2D eigenvalue weighted by atomic mass is 9.69. The Balaban J connectivity index is 1.08. The zero-order valence-corrected chi connectivity index (χ0v) is 23.6. The molecule has 0 amide bonds. The Kier molecular flexibility index (Phi) is 9.53. The summed E-state index contributed by atoms with van der Waals surface area (Å²) in [5.41, 5.74) is 7.16. The first kappa shape index (κ1) is 30.0. The van der Waals surface area contributed by atoms with Gasteiger partial charge in [-0.2, -0.15) is 13.2 Å². The van der Waals surface area contributed by atoms with E-state index in [0.717, 1.165) is 51.6 Å². The molecule has 9 unspecified atom stereocenters. The van der Waals surface area contributed by atoms with E-state index in [1.807, 2.05) is 0 Å². The number of aliphatic hydroxyl groups is 3. The van der Waals surface area contributed by atoms with Crippen LogP contribution in [0.2, 0.25) is 0 Å². The number of hydrogen-bond donors (Lipinski definition) is 5. The molecule has 0 radical (unpaired) electrons. The Labute approximate surface area is 231 Å². The van der Waals surface area contributed by atoms with Gasteiger partial charge in [-0.1, -0.05) is 26.2 Å². The molecule has 5 rings (SSSR count). The fraction of sp³-hybridized carbons (Fsp3) is 1.00. The second-order valence-electron chi connectivity index (χ2n) is 13.7. The molecule has 2 saturated carbocycles. The number of nitrogens with one attached hydrogen (secondary N) is 2. The predicted octanol–water partition coefficient (Wildman–Crippen LogP) is 3.59. The van der Waals surface area contributed by atoms with E-state index in [1.54, 1.807) is 4.90 Å². The molecule has 2 aliphatic carbocycles. The molecule has 3 saturated heterocycles. The van der Waals surface area contributed by atoms with Crippen molar-refractivity contribution in [2.75, 3.05) is 26.2 Å². The fourth-order valence-electron chi connectivity index (χ4n) is 8.65. The van der Waals surface area contributed by atoms with Crippen LogP contribution in [0.3, 0.4) is 0 Å². The Morgan fingerprint density at radius 1 is 0.974 bits per heavy atom. The van der Waals surface area contributed by atoms with Crippen LogP contribution in [0, 0.1) is 29.6 Å². The lowest BCUT2D eigenvalue weighted by Gasteiger charge is -2.49. The molecule has 10 heteroatoms. The first-order valence-corrected chi connectivity index (χ1v) is 15.7. The quantitative estimate of drug-likeness (QED) is 0.304. The van der Waals surface area contributed by atoms with Crippen LogP contribution in [-0.2, 0) is 0 Å². The van der Waals surface area contributed by atoms with Crippen LogP contribution in [0.25, 0.3) is 0 Å². The second-order valence-corrected chi connectivity index (χ2v) is 13.7. The highest BCUT2D eigenvalue weighted by atomic mass is 19.4. The largest absolute Gasteiger partial charge is 0.393 e. The van der Waals surface area contributed by atoms with Gasteiger partial charge in [0.05, 0.1) is 24.7 Å². The molecule has 5 aliphatic rings. The van der Waals surface area contributed by atoms with E-state index in [2.05, 4.69) is 22.7 Å². The van der Waals surface area contributed by atoms with Gasteiger partial charge in [-0.05, 0) is 88.0 Å². The van der Waals surface area contributed by atoms with Crippen LogP contribution < -0.4 is 10.9 Å². The molecule has 0 spiro atoms. The van der Waals surface area contributed by atoms with Gasteiger partial charge in [-0.25, -0.2) is 5.43 Å². The molecule has 5 N–H and O–H groups in total. The number of halogens is 3. The minimum atomic E-state index is -4.29. The summed E-state index contributed by atoms with van der Waals surface area (Å²) in [5.74, 6) is -1.91. The zero-order valence-electron chi connectivity index (χ0n) is 23.6. The summed E-state index contributed by atoms with van der Waals surface area (Å²) < 4.78 is 42.0. The summed E-state index contributed by atoms with van der Waals surface area (Å²) in [5, 5.41) is 30.9. The van der Waals surface area contributed by atoms with Gasteiger partial charge in [0.25, 0.3) is 0 Å². The first-order valence-electron chi connectivity index (χ1n) is 15.7.